The second-order valence-electron chi connectivity index (χ2n) is 7.37. The molecule has 0 unspecified atom stereocenters. The molecule has 1 heterocycles. The van der Waals surface area contributed by atoms with Gasteiger partial charge >= 0.3 is 0 Å². The van der Waals surface area contributed by atoms with Crippen LogP contribution in [-0.4, -0.2) is 43.1 Å². The standard InChI is InChI=1S/C24H28N2O4/c1-5-17-6-10-19(11-7-17)25-22-21(23(27)26(24(22)28)14-15-29-4)18-8-12-20(13-9-18)30-16(2)3/h6-13,16,25H,5,14-15H2,1-4H3. The average molecular weight is 408 g/mol. The van der Waals surface area contributed by atoms with E-state index in [4.69, 9.17) is 9.47 Å². The fourth-order valence-electron chi connectivity index (χ4n) is 3.29. The molecule has 0 aromatic heterocycles. The molecule has 1 aliphatic rings. The van der Waals surface area contributed by atoms with Crippen LogP contribution >= 0.6 is 0 Å². The Kier molecular flexibility index (Phi) is 6.90. The fourth-order valence-corrected chi connectivity index (χ4v) is 3.29. The molecule has 2 amide bonds. The number of aryl methyl sites for hydroxylation is 1. The molecule has 2 aromatic carbocycles. The van der Waals surface area contributed by atoms with Crippen molar-refractivity contribution < 1.29 is 19.1 Å². The lowest BCUT2D eigenvalue weighted by atomic mass is 10.0. The lowest BCUT2D eigenvalue weighted by Gasteiger charge is -2.14. The number of carbonyl (C=O) groups is 2. The van der Waals surface area contributed by atoms with Crippen molar-refractivity contribution in [2.24, 2.45) is 0 Å². The summed E-state index contributed by atoms with van der Waals surface area (Å²) in [6.45, 7) is 6.48. The van der Waals surface area contributed by atoms with Crippen LogP contribution in [-0.2, 0) is 20.7 Å². The molecule has 0 aliphatic carbocycles. The largest absolute Gasteiger partial charge is 0.491 e. The molecule has 6 nitrogen and oxygen atoms in total. The molecule has 6 heteroatoms. The monoisotopic (exact) mass is 408 g/mol. The van der Waals surface area contributed by atoms with Gasteiger partial charge in [-0.1, -0.05) is 31.2 Å². The highest BCUT2D eigenvalue weighted by Crippen LogP contribution is 2.31. The molecule has 0 fully saturated rings. The van der Waals surface area contributed by atoms with Gasteiger partial charge in [0.1, 0.15) is 11.4 Å². The van der Waals surface area contributed by atoms with E-state index in [0.717, 1.165) is 12.1 Å². The number of amides is 2. The fraction of sp³-hybridized carbons (Fsp3) is 0.333. The van der Waals surface area contributed by atoms with E-state index in [-0.39, 0.29) is 36.8 Å². The molecule has 1 N–H and O–H groups in total. The molecule has 158 valence electrons. The number of nitrogens with one attached hydrogen (secondary N) is 1. The van der Waals surface area contributed by atoms with Gasteiger partial charge in [0.2, 0.25) is 0 Å². The number of benzene rings is 2. The van der Waals surface area contributed by atoms with Crippen LogP contribution < -0.4 is 10.1 Å². The van der Waals surface area contributed by atoms with Crippen LogP contribution in [0.15, 0.2) is 54.2 Å². The van der Waals surface area contributed by atoms with Gasteiger partial charge in [-0.05, 0) is 55.7 Å². The first-order valence-corrected chi connectivity index (χ1v) is 10.2. The third kappa shape index (κ3) is 4.71. The maximum absolute atomic E-state index is 13.1. The quantitative estimate of drug-likeness (QED) is 0.638. The van der Waals surface area contributed by atoms with E-state index in [1.165, 1.54) is 10.5 Å². The number of anilines is 1. The molecule has 2 aromatic rings. The summed E-state index contributed by atoms with van der Waals surface area (Å²) < 4.78 is 10.8. The molecule has 30 heavy (non-hydrogen) atoms. The molecule has 1 aliphatic heterocycles. The Balaban J connectivity index is 1.97. The second kappa shape index (κ2) is 9.59. The number of methoxy groups -OCH3 is 1. The lowest BCUT2D eigenvalue weighted by molar-refractivity contribution is -0.137. The summed E-state index contributed by atoms with van der Waals surface area (Å²) in [6.07, 6.45) is 0.985. The Morgan fingerprint density at radius 1 is 0.967 bits per heavy atom. The molecule has 0 bridgehead atoms. The van der Waals surface area contributed by atoms with E-state index in [1.54, 1.807) is 19.2 Å². The maximum Gasteiger partial charge on any atom is 0.278 e. The van der Waals surface area contributed by atoms with Crippen molar-refractivity contribution in [1.82, 2.24) is 4.90 Å². The first-order chi connectivity index (χ1) is 14.4. The molecule has 0 spiro atoms. The Hall–Kier alpha value is -3.12. The molecule has 0 saturated heterocycles. The van der Waals surface area contributed by atoms with Gasteiger partial charge in [0.05, 0.1) is 24.8 Å². The van der Waals surface area contributed by atoms with Crippen LogP contribution in [0.3, 0.4) is 0 Å². The third-order valence-electron chi connectivity index (χ3n) is 4.83. The van der Waals surface area contributed by atoms with E-state index in [0.29, 0.717) is 16.9 Å². The van der Waals surface area contributed by atoms with Crippen LogP contribution in [0.1, 0.15) is 31.9 Å². The SMILES string of the molecule is CCc1ccc(NC2=C(c3ccc(OC(C)C)cc3)C(=O)N(CCOC)C2=O)cc1. The van der Waals surface area contributed by atoms with Crippen molar-refractivity contribution in [2.75, 3.05) is 25.6 Å². The summed E-state index contributed by atoms with van der Waals surface area (Å²) in [5, 5.41) is 3.17. The van der Waals surface area contributed by atoms with Crippen LogP contribution in [0.4, 0.5) is 5.69 Å². The number of hydrogen-bond donors (Lipinski definition) is 1. The highest BCUT2D eigenvalue weighted by Gasteiger charge is 2.38. The highest BCUT2D eigenvalue weighted by molar-refractivity contribution is 6.36. The molecular weight excluding hydrogens is 380 g/mol. The maximum atomic E-state index is 13.1. The number of hydrogen-bond acceptors (Lipinski definition) is 5. The lowest BCUT2D eigenvalue weighted by Crippen LogP contribution is -2.35. The van der Waals surface area contributed by atoms with Gasteiger partial charge in [-0.3, -0.25) is 14.5 Å². The molecule has 3 rings (SSSR count). The number of ether oxygens (including phenoxy) is 2. The summed E-state index contributed by atoms with van der Waals surface area (Å²) in [4.78, 5) is 27.4. The average Bonchev–Trinajstić information content (AvgIpc) is 2.96. The number of imide groups is 1. The van der Waals surface area contributed by atoms with Gasteiger partial charge in [-0.25, -0.2) is 0 Å². The van der Waals surface area contributed by atoms with Crippen molar-refractivity contribution in [3.05, 3.63) is 65.4 Å². The van der Waals surface area contributed by atoms with Crippen molar-refractivity contribution in [1.29, 1.82) is 0 Å². The van der Waals surface area contributed by atoms with Gasteiger partial charge in [-0.2, -0.15) is 0 Å². The van der Waals surface area contributed by atoms with Gasteiger partial charge in [0, 0.05) is 12.8 Å². The summed E-state index contributed by atoms with van der Waals surface area (Å²) in [5.74, 6) is 0.0309. The van der Waals surface area contributed by atoms with Gasteiger partial charge < -0.3 is 14.8 Å². The Morgan fingerprint density at radius 3 is 2.20 bits per heavy atom. The normalized spacial score (nSPS) is 14.1. The van der Waals surface area contributed by atoms with Gasteiger partial charge in [-0.15, -0.1) is 0 Å². The highest BCUT2D eigenvalue weighted by atomic mass is 16.5. The van der Waals surface area contributed by atoms with Crippen molar-refractivity contribution in [3.63, 3.8) is 0 Å². The number of rotatable bonds is 9. The first kappa shape index (κ1) is 21.6. The smallest absolute Gasteiger partial charge is 0.278 e. The predicted molar refractivity (Wildman–Crippen MR) is 117 cm³/mol. The third-order valence-corrected chi connectivity index (χ3v) is 4.83. The summed E-state index contributed by atoms with van der Waals surface area (Å²) in [6, 6.07) is 15.1. The van der Waals surface area contributed by atoms with E-state index >= 15 is 0 Å². The zero-order valence-corrected chi connectivity index (χ0v) is 17.9. The summed E-state index contributed by atoms with van der Waals surface area (Å²) in [5.41, 5.74) is 3.25. The van der Waals surface area contributed by atoms with Gasteiger partial charge in [0.15, 0.2) is 0 Å². The molecule has 0 atom stereocenters. The van der Waals surface area contributed by atoms with Crippen LogP contribution in [0.25, 0.3) is 5.57 Å². The van der Waals surface area contributed by atoms with Gasteiger partial charge in [0.25, 0.3) is 11.8 Å². The Bertz CT molecular complexity index is 931. The van der Waals surface area contributed by atoms with Crippen LogP contribution in [0.2, 0.25) is 0 Å². The Morgan fingerprint density at radius 2 is 1.63 bits per heavy atom. The van der Waals surface area contributed by atoms with E-state index in [9.17, 15) is 9.59 Å². The van der Waals surface area contributed by atoms with E-state index in [2.05, 4.69) is 12.2 Å². The molecule has 0 saturated carbocycles. The van der Waals surface area contributed by atoms with Crippen LogP contribution in [0, 0.1) is 0 Å². The Labute approximate surface area is 177 Å². The second-order valence-corrected chi connectivity index (χ2v) is 7.37. The number of carbonyl (C=O) groups excluding carboxylic acids is 2. The summed E-state index contributed by atoms with van der Waals surface area (Å²) in [7, 11) is 1.54. The zero-order chi connectivity index (χ0) is 21.7. The van der Waals surface area contributed by atoms with Crippen LogP contribution in [0.5, 0.6) is 5.75 Å². The minimum atomic E-state index is -0.353. The molecular formula is C24H28N2O4. The van der Waals surface area contributed by atoms with Crippen molar-refractivity contribution in [3.8, 4) is 5.75 Å². The number of nitrogens with zero attached hydrogens (tertiary/aromatic N) is 1. The van der Waals surface area contributed by atoms with Crippen molar-refractivity contribution in [2.45, 2.75) is 33.3 Å². The topological polar surface area (TPSA) is 67.9 Å². The predicted octanol–water partition coefficient (Wildman–Crippen LogP) is 3.87. The van der Waals surface area contributed by atoms with E-state index in [1.807, 2.05) is 50.2 Å². The van der Waals surface area contributed by atoms with E-state index < -0.39 is 0 Å². The molecule has 0 radical (unpaired) electrons. The zero-order valence-electron chi connectivity index (χ0n) is 17.9. The minimum Gasteiger partial charge on any atom is -0.491 e. The van der Waals surface area contributed by atoms with Crippen molar-refractivity contribution >= 4 is 23.1 Å². The first-order valence-electron chi connectivity index (χ1n) is 10.2. The minimum absolute atomic E-state index is 0.0533. The summed E-state index contributed by atoms with van der Waals surface area (Å²) >= 11 is 0.